The second-order valence-corrected chi connectivity index (χ2v) is 4.51. The van der Waals surface area contributed by atoms with Gasteiger partial charge in [0.25, 0.3) is 0 Å². The van der Waals surface area contributed by atoms with Gasteiger partial charge in [0, 0.05) is 31.2 Å². The van der Waals surface area contributed by atoms with Crippen LogP contribution in [-0.2, 0) is 0 Å². The minimum atomic E-state index is 0.261. The molecule has 1 heterocycles. The molecular weight excluding hydrogens is 150 g/mol. The zero-order chi connectivity index (χ0) is 9.35. The molecule has 0 radical (unpaired) electrons. The maximum absolute atomic E-state index is 5.71. The van der Waals surface area contributed by atoms with E-state index in [1.54, 1.807) is 0 Å². The molecule has 1 aliphatic heterocycles. The third-order valence-electron chi connectivity index (χ3n) is 2.95. The second kappa shape index (κ2) is 3.32. The van der Waals surface area contributed by atoms with Crippen LogP contribution in [0.4, 0.5) is 0 Å². The molecule has 1 fully saturated rings. The lowest BCUT2D eigenvalue weighted by Gasteiger charge is -2.49. The Labute approximate surface area is 75.5 Å². The van der Waals surface area contributed by atoms with Crippen molar-refractivity contribution in [2.24, 2.45) is 5.73 Å². The molecule has 0 saturated carbocycles. The van der Waals surface area contributed by atoms with Crippen molar-refractivity contribution in [2.75, 3.05) is 33.7 Å². The largest absolute Gasteiger partial charge is 0.329 e. The summed E-state index contributed by atoms with van der Waals surface area (Å²) in [6, 6.07) is 0.513. The topological polar surface area (TPSA) is 32.5 Å². The van der Waals surface area contributed by atoms with Gasteiger partial charge in [0.2, 0.25) is 0 Å². The van der Waals surface area contributed by atoms with Gasteiger partial charge in [-0.3, -0.25) is 4.90 Å². The standard InChI is InChI=1S/C9H21N3/c1-9(2)7-11(3)6-8(5-10)12(9)4/h8H,5-7,10H2,1-4H3. The molecule has 0 aromatic carbocycles. The van der Waals surface area contributed by atoms with Crippen molar-refractivity contribution in [1.82, 2.24) is 9.80 Å². The molecule has 1 unspecified atom stereocenters. The van der Waals surface area contributed by atoms with Gasteiger partial charge in [-0.25, -0.2) is 0 Å². The number of likely N-dealkylation sites (N-methyl/N-ethyl adjacent to an activating group) is 2. The van der Waals surface area contributed by atoms with Crippen LogP contribution in [0.25, 0.3) is 0 Å². The van der Waals surface area contributed by atoms with E-state index in [4.69, 9.17) is 5.73 Å². The predicted octanol–water partition coefficient (Wildman–Crippen LogP) is -0.0305. The van der Waals surface area contributed by atoms with Gasteiger partial charge in [0.05, 0.1) is 0 Å². The first-order valence-corrected chi connectivity index (χ1v) is 4.59. The summed E-state index contributed by atoms with van der Waals surface area (Å²) in [5.74, 6) is 0. The predicted molar refractivity (Wildman–Crippen MR) is 52.2 cm³/mol. The van der Waals surface area contributed by atoms with Crippen molar-refractivity contribution in [3.05, 3.63) is 0 Å². The van der Waals surface area contributed by atoms with Crippen LogP contribution in [0.5, 0.6) is 0 Å². The summed E-state index contributed by atoms with van der Waals surface area (Å²) in [6.45, 7) is 7.51. The maximum Gasteiger partial charge on any atom is 0.0348 e. The van der Waals surface area contributed by atoms with Crippen molar-refractivity contribution >= 4 is 0 Å². The number of nitrogens with two attached hydrogens (primary N) is 1. The molecule has 2 N–H and O–H groups in total. The molecule has 0 bridgehead atoms. The molecule has 1 atom stereocenters. The van der Waals surface area contributed by atoms with E-state index in [1.807, 2.05) is 0 Å². The lowest BCUT2D eigenvalue weighted by Crippen LogP contribution is -2.63. The van der Waals surface area contributed by atoms with Gasteiger partial charge >= 0.3 is 0 Å². The van der Waals surface area contributed by atoms with Crippen LogP contribution in [0.3, 0.4) is 0 Å². The summed E-state index contributed by atoms with van der Waals surface area (Å²) in [4.78, 5) is 4.75. The van der Waals surface area contributed by atoms with Gasteiger partial charge in [-0.05, 0) is 27.9 Å². The zero-order valence-corrected chi connectivity index (χ0v) is 8.67. The molecule has 0 amide bonds. The number of hydrogen-bond donors (Lipinski definition) is 1. The van der Waals surface area contributed by atoms with Crippen LogP contribution >= 0.6 is 0 Å². The number of hydrogen-bond acceptors (Lipinski definition) is 3. The third-order valence-corrected chi connectivity index (χ3v) is 2.95. The molecule has 1 rings (SSSR count). The van der Waals surface area contributed by atoms with E-state index in [-0.39, 0.29) is 5.54 Å². The van der Waals surface area contributed by atoms with Crippen LogP contribution < -0.4 is 5.73 Å². The quantitative estimate of drug-likeness (QED) is 0.601. The maximum atomic E-state index is 5.71. The van der Waals surface area contributed by atoms with E-state index < -0.39 is 0 Å². The van der Waals surface area contributed by atoms with Crippen molar-refractivity contribution < 1.29 is 0 Å². The molecule has 3 nitrogen and oxygen atoms in total. The zero-order valence-electron chi connectivity index (χ0n) is 8.67. The van der Waals surface area contributed by atoms with Gasteiger partial charge in [0.15, 0.2) is 0 Å². The van der Waals surface area contributed by atoms with Crippen molar-refractivity contribution in [2.45, 2.75) is 25.4 Å². The fourth-order valence-corrected chi connectivity index (χ4v) is 2.05. The molecule has 0 aromatic rings. The van der Waals surface area contributed by atoms with Crippen LogP contribution in [0.15, 0.2) is 0 Å². The first kappa shape index (κ1) is 9.96. The second-order valence-electron chi connectivity index (χ2n) is 4.51. The Morgan fingerprint density at radius 1 is 1.42 bits per heavy atom. The summed E-state index contributed by atoms with van der Waals surface area (Å²) >= 11 is 0. The van der Waals surface area contributed by atoms with Gasteiger partial charge in [-0.2, -0.15) is 0 Å². The summed E-state index contributed by atoms with van der Waals surface area (Å²) < 4.78 is 0. The van der Waals surface area contributed by atoms with E-state index in [0.29, 0.717) is 6.04 Å². The van der Waals surface area contributed by atoms with Gasteiger partial charge < -0.3 is 10.6 Å². The van der Waals surface area contributed by atoms with E-state index in [0.717, 1.165) is 19.6 Å². The monoisotopic (exact) mass is 171 g/mol. The molecule has 0 aromatic heterocycles. The Balaban J connectivity index is 2.68. The molecular formula is C9H21N3. The van der Waals surface area contributed by atoms with Crippen LogP contribution in [0.2, 0.25) is 0 Å². The Kier molecular flexibility index (Phi) is 2.76. The normalized spacial score (nSPS) is 32.2. The molecule has 0 spiro atoms. The van der Waals surface area contributed by atoms with Crippen molar-refractivity contribution in [3.8, 4) is 0 Å². The molecule has 0 aliphatic carbocycles. The van der Waals surface area contributed by atoms with E-state index in [2.05, 4.69) is 37.7 Å². The highest BCUT2D eigenvalue weighted by atomic mass is 15.3. The number of rotatable bonds is 1. The van der Waals surface area contributed by atoms with E-state index in [1.165, 1.54) is 0 Å². The average molecular weight is 171 g/mol. The highest BCUT2D eigenvalue weighted by molar-refractivity contribution is 4.93. The minimum absolute atomic E-state index is 0.261. The number of piperazine rings is 1. The average Bonchev–Trinajstić information content (AvgIpc) is 1.96. The molecule has 1 saturated heterocycles. The molecule has 3 heteroatoms. The van der Waals surface area contributed by atoms with Crippen LogP contribution in [-0.4, -0.2) is 55.1 Å². The van der Waals surface area contributed by atoms with Gasteiger partial charge in [-0.15, -0.1) is 0 Å². The van der Waals surface area contributed by atoms with Gasteiger partial charge in [0.1, 0.15) is 0 Å². The van der Waals surface area contributed by atoms with E-state index >= 15 is 0 Å². The SMILES string of the molecule is CN1CC(CN)N(C)C(C)(C)C1. The summed E-state index contributed by atoms with van der Waals surface area (Å²) in [5.41, 5.74) is 5.97. The van der Waals surface area contributed by atoms with Crippen molar-refractivity contribution in [3.63, 3.8) is 0 Å². The van der Waals surface area contributed by atoms with Crippen LogP contribution in [0, 0.1) is 0 Å². The highest BCUT2D eigenvalue weighted by Gasteiger charge is 2.34. The lowest BCUT2D eigenvalue weighted by molar-refractivity contribution is 0.00887. The third kappa shape index (κ3) is 1.79. The fourth-order valence-electron chi connectivity index (χ4n) is 2.05. The smallest absolute Gasteiger partial charge is 0.0348 e. The number of nitrogens with zero attached hydrogens (tertiary/aromatic N) is 2. The fraction of sp³-hybridized carbons (Fsp3) is 1.00. The first-order chi connectivity index (χ1) is 5.47. The summed E-state index contributed by atoms with van der Waals surface area (Å²) in [6.07, 6.45) is 0. The Morgan fingerprint density at radius 3 is 2.50 bits per heavy atom. The molecule has 12 heavy (non-hydrogen) atoms. The van der Waals surface area contributed by atoms with Crippen molar-refractivity contribution in [1.29, 1.82) is 0 Å². The minimum Gasteiger partial charge on any atom is -0.329 e. The van der Waals surface area contributed by atoms with E-state index in [9.17, 15) is 0 Å². The Morgan fingerprint density at radius 2 is 2.00 bits per heavy atom. The highest BCUT2D eigenvalue weighted by Crippen LogP contribution is 2.21. The summed E-state index contributed by atoms with van der Waals surface area (Å²) in [7, 11) is 4.34. The first-order valence-electron chi connectivity index (χ1n) is 4.59. The molecule has 1 aliphatic rings. The summed E-state index contributed by atoms with van der Waals surface area (Å²) in [5, 5.41) is 0. The lowest BCUT2D eigenvalue weighted by atomic mass is 9.96. The van der Waals surface area contributed by atoms with Crippen LogP contribution in [0.1, 0.15) is 13.8 Å². The Hall–Kier alpha value is -0.120. The van der Waals surface area contributed by atoms with Gasteiger partial charge in [-0.1, -0.05) is 0 Å². The Bertz CT molecular complexity index is 156. The molecule has 72 valence electrons.